The highest BCUT2D eigenvalue weighted by molar-refractivity contribution is 7.19. The Morgan fingerprint density at radius 1 is 1.33 bits per heavy atom. The van der Waals surface area contributed by atoms with E-state index >= 15 is 0 Å². The number of fused-ring (bicyclic) bond motifs is 1. The topological polar surface area (TPSA) is 15.3 Å². The van der Waals surface area contributed by atoms with Gasteiger partial charge in [-0.2, -0.15) is 0 Å². The standard InChI is InChI=1S/C17H23FN2S/c1-3-19-10-16-13(11-20(4-2)12-8-9-12)17-14(18)6-5-7-15(17)21-16/h5-7,12,19H,3-4,8-11H2,1-2H3. The third kappa shape index (κ3) is 3.12. The molecular formula is C17H23FN2S. The second-order valence-corrected chi connectivity index (χ2v) is 6.83. The van der Waals surface area contributed by atoms with Crippen LogP contribution in [0.5, 0.6) is 0 Å². The number of benzene rings is 1. The molecule has 4 heteroatoms. The predicted octanol–water partition coefficient (Wildman–Crippen LogP) is 4.13. The van der Waals surface area contributed by atoms with Gasteiger partial charge in [0.25, 0.3) is 0 Å². The maximum Gasteiger partial charge on any atom is 0.132 e. The summed E-state index contributed by atoms with van der Waals surface area (Å²) >= 11 is 1.73. The molecule has 0 saturated heterocycles. The largest absolute Gasteiger partial charge is 0.312 e. The molecule has 0 spiro atoms. The molecule has 0 atom stereocenters. The van der Waals surface area contributed by atoms with Gasteiger partial charge in [0.15, 0.2) is 0 Å². The summed E-state index contributed by atoms with van der Waals surface area (Å²) in [6, 6.07) is 6.15. The quantitative estimate of drug-likeness (QED) is 0.827. The first-order valence-electron chi connectivity index (χ1n) is 7.88. The number of nitrogens with one attached hydrogen (secondary N) is 1. The van der Waals surface area contributed by atoms with Crippen molar-refractivity contribution in [2.24, 2.45) is 0 Å². The van der Waals surface area contributed by atoms with Gasteiger partial charge in [-0.3, -0.25) is 4.90 Å². The molecule has 1 aromatic carbocycles. The molecule has 0 amide bonds. The van der Waals surface area contributed by atoms with E-state index in [1.807, 2.05) is 12.1 Å². The van der Waals surface area contributed by atoms with E-state index in [0.29, 0.717) is 6.04 Å². The Labute approximate surface area is 130 Å². The van der Waals surface area contributed by atoms with Gasteiger partial charge >= 0.3 is 0 Å². The molecule has 2 nitrogen and oxygen atoms in total. The van der Waals surface area contributed by atoms with E-state index in [1.165, 1.54) is 23.3 Å². The molecule has 21 heavy (non-hydrogen) atoms. The van der Waals surface area contributed by atoms with Crippen LogP contribution in [0.2, 0.25) is 0 Å². The molecule has 1 aromatic heterocycles. The van der Waals surface area contributed by atoms with Gasteiger partial charge in [0.1, 0.15) is 5.82 Å². The van der Waals surface area contributed by atoms with Crippen LogP contribution in [-0.4, -0.2) is 24.0 Å². The van der Waals surface area contributed by atoms with Crippen molar-refractivity contribution in [1.82, 2.24) is 10.2 Å². The van der Waals surface area contributed by atoms with Gasteiger partial charge in [-0.15, -0.1) is 11.3 Å². The Balaban J connectivity index is 1.99. The third-order valence-electron chi connectivity index (χ3n) is 4.21. The maximum atomic E-state index is 14.3. The van der Waals surface area contributed by atoms with Crippen molar-refractivity contribution in [2.45, 2.75) is 45.8 Å². The summed E-state index contributed by atoms with van der Waals surface area (Å²) in [4.78, 5) is 3.78. The first kappa shape index (κ1) is 14.9. The van der Waals surface area contributed by atoms with Gasteiger partial charge in [-0.1, -0.05) is 19.9 Å². The SMILES string of the molecule is CCNCc1sc2cccc(F)c2c1CN(CC)C1CC1. The summed E-state index contributed by atoms with van der Waals surface area (Å²) in [5.41, 5.74) is 1.20. The minimum atomic E-state index is -0.0756. The highest BCUT2D eigenvalue weighted by Gasteiger charge is 2.29. The second-order valence-electron chi connectivity index (χ2n) is 5.69. The van der Waals surface area contributed by atoms with Crippen molar-refractivity contribution < 1.29 is 4.39 Å². The summed E-state index contributed by atoms with van der Waals surface area (Å²) in [5.74, 6) is -0.0756. The first-order valence-corrected chi connectivity index (χ1v) is 8.69. The van der Waals surface area contributed by atoms with Crippen LogP contribution in [0.4, 0.5) is 4.39 Å². The van der Waals surface area contributed by atoms with Gasteiger partial charge in [0, 0.05) is 34.1 Å². The molecule has 1 N–H and O–H groups in total. The molecule has 1 fully saturated rings. The van der Waals surface area contributed by atoms with E-state index < -0.39 is 0 Å². The number of hydrogen-bond donors (Lipinski definition) is 1. The average Bonchev–Trinajstić information content (AvgIpc) is 3.26. The second kappa shape index (κ2) is 6.42. The zero-order valence-corrected chi connectivity index (χ0v) is 13.6. The average molecular weight is 306 g/mol. The smallest absolute Gasteiger partial charge is 0.132 e. The molecule has 1 saturated carbocycles. The van der Waals surface area contributed by atoms with Gasteiger partial charge in [0.05, 0.1) is 0 Å². The lowest BCUT2D eigenvalue weighted by atomic mass is 10.1. The summed E-state index contributed by atoms with van der Waals surface area (Å²) in [6.45, 7) is 8.01. The van der Waals surface area contributed by atoms with Crippen molar-refractivity contribution in [3.63, 3.8) is 0 Å². The van der Waals surface area contributed by atoms with E-state index in [9.17, 15) is 4.39 Å². The summed E-state index contributed by atoms with van der Waals surface area (Å²) < 4.78 is 15.4. The molecule has 0 bridgehead atoms. The summed E-state index contributed by atoms with van der Waals surface area (Å²) in [6.07, 6.45) is 2.59. The van der Waals surface area contributed by atoms with Crippen LogP contribution < -0.4 is 5.32 Å². The number of thiophene rings is 1. The van der Waals surface area contributed by atoms with Crippen LogP contribution in [0.15, 0.2) is 18.2 Å². The van der Waals surface area contributed by atoms with E-state index in [-0.39, 0.29) is 5.82 Å². The lowest BCUT2D eigenvalue weighted by Gasteiger charge is -2.20. The van der Waals surface area contributed by atoms with Crippen LogP contribution in [0.1, 0.15) is 37.1 Å². The maximum absolute atomic E-state index is 14.3. The Morgan fingerprint density at radius 3 is 2.81 bits per heavy atom. The highest BCUT2D eigenvalue weighted by Crippen LogP contribution is 2.36. The lowest BCUT2D eigenvalue weighted by molar-refractivity contribution is 0.269. The van der Waals surface area contributed by atoms with Gasteiger partial charge in [-0.25, -0.2) is 4.39 Å². The van der Waals surface area contributed by atoms with E-state index in [4.69, 9.17) is 0 Å². The van der Waals surface area contributed by atoms with Crippen LogP contribution in [0, 0.1) is 5.82 Å². The van der Waals surface area contributed by atoms with Crippen molar-refractivity contribution >= 4 is 21.4 Å². The Hall–Kier alpha value is -0.970. The van der Waals surface area contributed by atoms with Crippen molar-refractivity contribution in [3.05, 3.63) is 34.5 Å². The molecule has 114 valence electrons. The van der Waals surface area contributed by atoms with E-state index in [2.05, 4.69) is 24.1 Å². The molecule has 0 unspecified atom stereocenters. The normalized spacial score (nSPS) is 15.2. The molecule has 1 aliphatic rings. The molecule has 3 rings (SSSR count). The van der Waals surface area contributed by atoms with Crippen molar-refractivity contribution in [3.8, 4) is 0 Å². The minimum Gasteiger partial charge on any atom is -0.312 e. The van der Waals surface area contributed by atoms with E-state index in [0.717, 1.165) is 36.3 Å². The number of rotatable bonds is 7. The monoisotopic (exact) mass is 306 g/mol. The Bertz CT molecular complexity index is 619. The molecule has 1 heterocycles. The number of nitrogens with zero attached hydrogens (tertiary/aromatic N) is 1. The van der Waals surface area contributed by atoms with Crippen molar-refractivity contribution in [2.75, 3.05) is 13.1 Å². The number of hydrogen-bond acceptors (Lipinski definition) is 3. The van der Waals surface area contributed by atoms with Crippen LogP contribution >= 0.6 is 11.3 Å². The fourth-order valence-electron chi connectivity index (χ4n) is 2.91. The van der Waals surface area contributed by atoms with Gasteiger partial charge in [-0.05, 0) is 43.6 Å². The molecule has 1 aliphatic carbocycles. The van der Waals surface area contributed by atoms with Gasteiger partial charge in [0.2, 0.25) is 0 Å². The molecule has 2 aromatic rings. The zero-order chi connectivity index (χ0) is 14.8. The first-order chi connectivity index (χ1) is 10.2. The Kier molecular flexibility index (Phi) is 4.57. The molecule has 0 radical (unpaired) electrons. The lowest BCUT2D eigenvalue weighted by Crippen LogP contribution is -2.26. The highest BCUT2D eigenvalue weighted by atomic mass is 32.1. The Morgan fingerprint density at radius 2 is 2.14 bits per heavy atom. The fraction of sp³-hybridized carbons (Fsp3) is 0.529. The third-order valence-corrected chi connectivity index (χ3v) is 5.41. The zero-order valence-electron chi connectivity index (χ0n) is 12.8. The van der Waals surface area contributed by atoms with Crippen LogP contribution in [0.3, 0.4) is 0 Å². The van der Waals surface area contributed by atoms with Gasteiger partial charge < -0.3 is 5.32 Å². The fourth-order valence-corrected chi connectivity index (χ4v) is 4.11. The number of halogens is 1. The predicted molar refractivity (Wildman–Crippen MR) is 88.3 cm³/mol. The summed E-state index contributed by atoms with van der Waals surface area (Å²) in [5, 5.41) is 4.23. The molecule has 0 aliphatic heterocycles. The molecular weight excluding hydrogens is 283 g/mol. The van der Waals surface area contributed by atoms with Crippen LogP contribution in [0.25, 0.3) is 10.1 Å². The van der Waals surface area contributed by atoms with Crippen molar-refractivity contribution in [1.29, 1.82) is 0 Å². The summed E-state index contributed by atoms with van der Waals surface area (Å²) in [7, 11) is 0. The van der Waals surface area contributed by atoms with Crippen LogP contribution in [-0.2, 0) is 13.1 Å². The van der Waals surface area contributed by atoms with E-state index in [1.54, 1.807) is 17.4 Å². The minimum absolute atomic E-state index is 0.0756.